The minimum atomic E-state index is 0.784. The maximum atomic E-state index is 5.19. The third-order valence-corrected chi connectivity index (χ3v) is 3.69. The van der Waals surface area contributed by atoms with E-state index in [9.17, 15) is 0 Å². The first kappa shape index (κ1) is 15.2. The first-order valence-corrected chi connectivity index (χ1v) is 7.49. The van der Waals surface area contributed by atoms with E-state index < -0.39 is 0 Å². The fraction of sp³-hybridized carbons (Fsp3) is 0.529. The minimum absolute atomic E-state index is 0.784. The van der Waals surface area contributed by atoms with Crippen molar-refractivity contribution in [2.45, 2.75) is 26.4 Å². The number of benzene rings is 1. The molecule has 3 nitrogen and oxygen atoms in total. The van der Waals surface area contributed by atoms with E-state index in [1.54, 1.807) is 7.11 Å². The molecule has 0 atom stereocenters. The van der Waals surface area contributed by atoms with E-state index in [1.165, 1.54) is 16.7 Å². The van der Waals surface area contributed by atoms with E-state index in [-0.39, 0.29) is 0 Å². The molecule has 20 heavy (non-hydrogen) atoms. The highest BCUT2D eigenvalue weighted by molar-refractivity contribution is 5.23. The summed E-state index contributed by atoms with van der Waals surface area (Å²) in [6.07, 6.45) is 3.44. The third kappa shape index (κ3) is 4.75. The van der Waals surface area contributed by atoms with Crippen LogP contribution >= 0.6 is 0 Å². The maximum absolute atomic E-state index is 5.19. The van der Waals surface area contributed by atoms with Crippen LogP contribution in [0.25, 0.3) is 0 Å². The predicted molar refractivity (Wildman–Crippen MR) is 83.7 cm³/mol. The van der Waals surface area contributed by atoms with Crippen LogP contribution < -0.4 is 5.32 Å². The Labute approximate surface area is 122 Å². The average Bonchev–Trinajstić information content (AvgIpc) is 2.48. The number of methoxy groups -OCH3 is 1. The lowest BCUT2D eigenvalue weighted by Gasteiger charge is -2.26. The number of rotatable bonds is 7. The summed E-state index contributed by atoms with van der Waals surface area (Å²) in [5, 5.41) is 3.38. The van der Waals surface area contributed by atoms with Gasteiger partial charge in [0.15, 0.2) is 0 Å². The van der Waals surface area contributed by atoms with E-state index in [4.69, 9.17) is 4.74 Å². The van der Waals surface area contributed by atoms with Gasteiger partial charge in [-0.25, -0.2) is 0 Å². The van der Waals surface area contributed by atoms with Crippen molar-refractivity contribution in [2.75, 3.05) is 33.4 Å². The van der Waals surface area contributed by atoms with Gasteiger partial charge >= 0.3 is 0 Å². The summed E-state index contributed by atoms with van der Waals surface area (Å²) in [6.45, 7) is 8.11. The van der Waals surface area contributed by atoms with Crippen molar-refractivity contribution in [2.24, 2.45) is 0 Å². The zero-order valence-corrected chi connectivity index (χ0v) is 12.7. The van der Waals surface area contributed by atoms with Crippen LogP contribution in [-0.2, 0) is 17.8 Å². The van der Waals surface area contributed by atoms with Gasteiger partial charge in [-0.15, -0.1) is 0 Å². The third-order valence-electron chi connectivity index (χ3n) is 3.69. The predicted octanol–water partition coefficient (Wildman–Crippen LogP) is 2.57. The van der Waals surface area contributed by atoms with Gasteiger partial charge in [0.2, 0.25) is 0 Å². The van der Waals surface area contributed by atoms with Gasteiger partial charge in [-0.05, 0) is 29.7 Å². The number of nitrogens with one attached hydrogen (secondary N) is 1. The molecule has 1 heterocycles. The molecule has 1 aliphatic rings. The Morgan fingerprint density at radius 3 is 2.85 bits per heavy atom. The van der Waals surface area contributed by atoms with Gasteiger partial charge in [-0.2, -0.15) is 0 Å². The van der Waals surface area contributed by atoms with Gasteiger partial charge in [0.1, 0.15) is 0 Å². The molecule has 0 amide bonds. The van der Waals surface area contributed by atoms with E-state index in [2.05, 4.69) is 47.5 Å². The molecule has 0 saturated carbocycles. The highest BCUT2D eigenvalue weighted by atomic mass is 16.5. The van der Waals surface area contributed by atoms with Crippen molar-refractivity contribution < 1.29 is 4.74 Å². The van der Waals surface area contributed by atoms with E-state index in [1.807, 2.05) is 0 Å². The molecular weight excluding hydrogens is 248 g/mol. The molecule has 0 aliphatic carbocycles. The maximum Gasteiger partial charge on any atom is 0.0673 e. The Balaban J connectivity index is 1.87. The Morgan fingerprint density at radius 2 is 2.15 bits per heavy atom. The first-order chi connectivity index (χ1) is 9.81. The Morgan fingerprint density at radius 1 is 1.30 bits per heavy atom. The van der Waals surface area contributed by atoms with Crippen molar-refractivity contribution in [3.8, 4) is 0 Å². The van der Waals surface area contributed by atoms with Crippen LogP contribution in [0.4, 0.5) is 0 Å². The lowest BCUT2D eigenvalue weighted by atomic mass is 10.1. The Kier molecular flexibility index (Phi) is 6.25. The second-order valence-corrected chi connectivity index (χ2v) is 5.38. The lowest BCUT2D eigenvalue weighted by Crippen LogP contribution is -2.29. The highest BCUT2D eigenvalue weighted by Gasteiger charge is 2.11. The number of nitrogens with zero attached hydrogens (tertiary/aromatic N) is 1. The van der Waals surface area contributed by atoms with Crippen molar-refractivity contribution >= 4 is 0 Å². The highest BCUT2D eigenvalue weighted by Crippen LogP contribution is 2.15. The summed E-state index contributed by atoms with van der Waals surface area (Å²) in [7, 11) is 1.77. The van der Waals surface area contributed by atoms with Crippen LogP contribution in [0.1, 0.15) is 24.5 Å². The largest absolute Gasteiger partial charge is 0.380 e. The Hall–Kier alpha value is -1.16. The summed E-state index contributed by atoms with van der Waals surface area (Å²) in [4.78, 5) is 2.49. The first-order valence-electron chi connectivity index (χ1n) is 7.49. The zero-order valence-electron chi connectivity index (χ0n) is 12.7. The number of hydrogen-bond donors (Lipinski definition) is 1. The van der Waals surface area contributed by atoms with Crippen molar-refractivity contribution in [3.63, 3.8) is 0 Å². The smallest absolute Gasteiger partial charge is 0.0673 e. The molecule has 0 bridgehead atoms. The van der Waals surface area contributed by atoms with Crippen LogP contribution in [-0.4, -0.2) is 38.3 Å². The SMILES string of the molecule is CCNCc1cccc(CN2CC=C(COC)CC2)c1. The molecule has 1 aromatic carbocycles. The van der Waals surface area contributed by atoms with Crippen molar-refractivity contribution in [3.05, 3.63) is 47.0 Å². The standard InChI is InChI=1S/C17H26N2O/c1-3-18-12-16-5-4-6-17(11-16)13-19-9-7-15(8-10-19)14-20-2/h4-7,11,18H,3,8-10,12-14H2,1-2H3. The summed E-state index contributed by atoms with van der Waals surface area (Å²) in [5.74, 6) is 0. The zero-order chi connectivity index (χ0) is 14.2. The molecule has 0 saturated heterocycles. The van der Waals surface area contributed by atoms with Crippen LogP contribution in [0.2, 0.25) is 0 Å². The molecule has 1 aromatic rings. The van der Waals surface area contributed by atoms with E-state index in [0.717, 1.165) is 45.8 Å². The minimum Gasteiger partial charge on any atom is -0.380 e. The lowest BCUT2D eigenvalue weighted by molar-refractivity contribution is 0.210. The second-order valence-electron chi connectivity index (χ2n) is 5.38. The number of hydrogen-bond acceptors (Lipinski definition) is 3. The summed E-state index contributed by atoms with van der Waals surface area (Å²) >= 11 is 0. The van der Waals surface area contributed by atoms with Crippen LogP contribution in [0.5, 0.6) is 0 Å². The van der Waals surface area contributed by atoms with Crippen LogP contribution in [0.3, 0.4) is 0 Å². The van der Waals surface area contributed by atoms with Crippen molar-refractivity contribution in [1.82, 2.24) is 10.2 Å². The van der Waals surface area contributed by atoms with Gasteiger partial charge in [0, 0.05) is 33.3 Å². The summed E-state index contributed by atoms with van der Waals surface area (Å²) in [6, 6.07) is 8.90. The van der Waals surface area contributed by atoms with Gasteiger partial charge in [0.25, 0.3) is 0 Å². The average molecular weight is 274 g/mol. The van der Waals surface area contributed by atoms with Crippen LogP contribution in [0, 0.1) is 0 Å². The quantitative estimate of drug-likeness (QED) is 0.773. The Bertz CT molecular complexity index is 442. The molecule has 0 spiro atoms. The number of ether oxygens (including phenoxy) is 1. The molecule has 1 aliphatic heterocycles. The van der Waals surface area contributed by atoms with Gasteiger partial charge in [0.05, 0.1) is 6.61 Å². The fourth-order valence-electron chi connectivity index (χ4n) is 2.58. The van der Waals surface area contributed by atoms with Gasteiger partial charge in [-0.1, -0.05) is 37.3 Å². The molecular formula is C17H26N2O. The fourth-order valence-corrected chi connectivity index (χ4v) is 2.58. The molecule has 0 fully saturated rings. The van der Waals surface area contributed by atoms with Gasteiger partial charge in [-0.3, -0.25) is 4.90 Å². The summed E-state index contributed by atoms with van der Waals surface area (Å²) < 4.78 is 5.19. The van der Waals surface area contributed by atoms with E-state index in [0.29, 0.717) is 0 Å². The molecule has 0 radical (unpaired) electrons. The molecule has 110 valence electrons. The molecule has 3 heteroatoms. The van der Waals surface area contributed by atoms with E-state index >= 15 is 0 Å². The molecule has 0 aromatic heterocycles. The molecule has 0 unspecified atom stereocenters. The normalized spacial score (nSPS) is 16.2. The molecule has 1 N–H and O–H groups in total. The van der Waals surface area contributed by atoms with Crippen molar-refractivity contribution in [1.29, 1.82) is 0 Å². The second kappa shape index (κ2) is 8.20. The topological polar surface area (TPSA) is 24.5 Å². The molecule has 2 rings (SSSR count). The van der Waals surface area contributed by atoms with Crippen LogP contribution in [0.15, 0.2) is 35.9 Å². The summed E-state index contributed by atoms with van der Waals surface area (Å²) in [5.41, 5.74) is 4.21. The van der Waals surface area contributed by atoms with Gasteiger partial charge < -0.3 is 10.1 Å². The monoisotopic (exact) mass is 274 g/mol.